The molecule has 1 saturated heterocycles. The molecule has 1 aliphatic heterocycles. The monoisotopic (exact) mass is 225 g/mol. The van der Waals surface area contributed by atoms with Crippen LogP contribution >= 0.6 is 0 Å². The van der Waals surface area contributed by atoms with Gasteiger partial charge in [-0.3, -0.25) is 10.2 Å². The molecule has 2 N–H and O–H groups in total. The van der Waals surface area contributed by atoms with Crippen molar-refractivity contribution in [3.63, 3.8) is 0 Å². The number of hydrogen-bond acceptors (Lipinski definition) is 4. The van der Waals surface area contributed by atoms with Gasteiger partial charge in [0.15, 0.2) is 5.88 Å². The van der Waals surface area contributed by atoms with Crippen LogP contribution in [0.1, 0.15) is 13.8 Å². The Bertz CT molecular complexity index is 287. The van der Waals surface area contributed by atoms with Crippen molar-refractivity contribution in [3.8, 4) is 0 Å². The van der Waals surface area contributed by atoms with Crippen molar-refractivity contribution in [1.82, 2.24) is 15.8 Å². The molecule has 1 aliphatic rings. The highest BCUT2D eigenvalue weighted by molar-refractivity contribution is 5.87. The molecular weight excluding hydrogens is 206 g/mol. The number of amides is 1. The Morgan fingerprint density at radius 3 is 3.12 bits per heavy atom. The van der Waals surface area contributed by atoms with Crippen molar-refractivity contribution in [2.75, 3.05) is 19.7 Å². The Morgan fingerprint density at radius 1 is 1.75 bits per heavy atom. The van der Waals surface area contributed by atoms with Gasteiger partial charge in [0, 0.05) is 18.7 Å². The lowest BCUT2D eigenvalue weighted by molar-refractivity contribution is -0.116. The summed E-state index contributed by atoms with van der Waals surface area (Å²) in [5.41, 5.74) is 2.96. The number of rotatable bonds is 4. The summed E-state index contributed by atoms with van der Waals surface area (Å²) in [5, 5.41) is 4.72. The standard InChI is InChI=1S/C11H19N3O2/c1-9(2)12-11(15)5-4-6-14-7-8-16-10(3)13-14/h4-5,9,13H,3,6-8H2,1-2H3,(H,12,15)/b5-4+. The predicted octanol–water partition coefficient (Wildman–Crippen LogP) is 0.375. The highest BCUT2D eigenvalue weighted by atomic mass is 16.5. The minimum Gasteiger partial charge on any atom is -0.477 e. The minimum atomic E-state index is -0.0675. The zero-order valence-corrected chi connectivity index (χ0v) is 9.82. The van der Waals surface area contributed by atoms with Crippen LogP contribution < -0.4 is 10.7 Å². The molecule has 0 radical (unpaired) electrons. The number of ether oxygens (including phenoxy) is 1. The van der Waals surface area contributed by atoms with Gasteiger partial charge in [0.25, 0.3) is 0 Å². The van der Waals surface area contributed by atoms with E-state index in [0.717, 1.165) is 6.54 Å². The summed E-state index contributed by atoms with van der Waals surface area (Å²) in [5.74, 6) is 0.480. The third-order valence-electron chi connectivity index (χ3n) is 1.95. The molecule has 90 valence electrons. The van der Waals surface area contributed by atoms with Gasteiger partial charge in [-0.1, -0.05) is 6.08 Å². The molecule has 1 fully saturated rings. The van der Waals surface area contributed by atoms with E-state index in [9.17, 15) is 4.79 Å². The van der Waals surface area contributed by atoms with E-state index >= 15 is 0 Å². The molecule has 0 spiro atoms. The second-order valence-corrected chi connectivity index (χ2v) is 3.90. The van der Waals surface area contributed by atoms with Crippen molar-refractivity contribution >= 4 is 5.91 Å². The van der Waals surface area contributed by atoms with Crippen LogP contribution in [-0.4, -0.2) is 36.7 Å². The molecule has 1 heterocycles. The topological polar surface area (TPSA) is 53.6 Å². The number of carbonyl (C=O) groups excluding carboxylic acids is 1. The molecular formula is C11H19N3O2. The molecule has 0 saturated carbocycles. The largest absolute Gasteiger partial charge is 0.477 e. The van der Waals surface area contributed by atoms with Crippen LogP contribution in [0, 0.1) is 0 Å². The maximum Gasteiger partial charge on any atom is 0.243 e. The van der Waals surface area contributed by atoms with E-state index in [4.69, 9.17) is 4.74 Å². The van der Waals surface area contributed by atoms with Gasteiger partial charge in [-0.05, 0) is 20.4 Å². The maximum absolute atomic E-state index is 11.3. The molecule has 0 aromatic carbocycles. The van der Waals surface area contributed by atoms with Crippen LogP contribution in [0.5, 0.6) is 0 Å². The summed E-state index contributed by atoms with van der Waals surface area (Å²) in [6.07, 6.45) is 3.35. The maximum atomic E-state index is 11.3. The lowest BCUT2D eigenvalue weighted by Crippen LogP contribution is -2.44. The van der Waals surface area contributed by atoms with Gasteiger partial charge in [0.05, 0.1) is 6.54 Å². The smallest absolute Gasteiger partial charge is 0.243 e. The molecule has 0 aromatic rings. The molecule has 5 heteroatoms. The van der Waals surface area contributed by atoms with E-state index in [-0.39, 0.29) is 11.9 Å². The molecule has 0 aromatic heterocycles. The first kappa shape index (κ1) is 12.6. The van der Waals surface area contributed by atoms with Crippen molar-refractivity contribution < 1.29 is 9.53 Å². The highest BCUT2D eigenvalue weighted by Crippen LogP contribution is 1.99. The van der Waals surface area contributed by atoms with Crippen LogP contribution in [0.25, 0.3) is 0 Å². The van der Waals surface area contributed by atoms with E-state index < -0.39 is 0 Å². The number of hydrazine groups is 1. The summed E-state index contributed by atoms with van der Waals surface area (Å²) in [4.78, 5) is 11.3. The van der Waals surface area contributed by atoms with Crippen molar-refractivity contribution in [3.05, 3.63) is 24.6 Å². The Kier molecular flexibility index (Phi) is 4.85. The zero-order valence-electron chi connectivity index (χ0n) is 9.82. The van der Waals surface area contributed by atoms with E-state index in [1.165, 1.54) is 0 Å². The Balaban J connectivity index is 2.25. The molecule has 16 heavy (non-hydrogen) atoms. The first-order valence-electron chi connectivity index (χ1n) is 5.38. The summed E-state index contributed by atoms with van der Waals surface area (Å²) in [6.45, 7) is 9.57. The third-order valence-corrected chi connectivity index (χ3v) is 1.95. The molecule has 0 unspecified atom stereocenters. The fourth-order valence-corrected chi connectivity index (χ4v) is 1.30. The molecule has 5 nitrogen and oxygen atoms in total. The van der Waals surface area contributed by atoms with Gasteiger partial charge in [-0.15, -0.1) is 0 Å². The van der Waals surface area contributed by atoms with Gasteiger partial charge in [-0.2, -0.15) is 0 Å². The zero-order chi connectivity index (χ0) is 12.0. The number of hydrogen-bond donors (Lipinski definition) is 2. The average molecular weight is 225 g/mol. The molecule has 0 aliphatic carbocycles. The number of nitrogens with one attached hydrogen (secondary N) is 2. The second kappa shape index (κ2) is 6.17. The number of carbonyl (C=O) groups is 1. The SMILES string of the molecule is C=C1NN(C/C=C/C(=O)NC(C)C)CCO1. The lowest BCUT2D eigenvalue weighted by atomic mass is 10.3. The van der Waals surface area contributed by atoms with Crippen LogP contribution in [0.4, 0.5) is 0 Å². The first-order chi connectivity index (χ1) is 7.58. The summed E-state index contributed by atoms with van der Waals surface area (Å²) in [7, 11) is 0. The van der Waals surface area contributed by atoms with Gasteiger partial charge in [0.1, 0.15) is 6.61 Å². The van der Waals surface area contributed by atoms with Gasteiger partial charge >= 0.3 is 0 Å². The summed E-state index contributed by atoms with van der Waals surface area (Å²) in [6, 6.07) is 0.165. The second-order valence-electron chi connectivity index (χ2n) is 3.90. The van der Waals surface area contributed by atoms with Crippen LogP contribution in [0.15, 0.2) is 24.6 Å². The molecule has 0 bridgehead atoms. The fraction of sp³-hybridized carbons (Fsp3) is 0.545. The summed E-state index contributed by atoms with van der Waals surface area (Å²) >= 11 is 0. The van der Waals surface area contributed by atoms with Gasteiger partial charge in [0.2, 0.25) is 5.91 Å². The first-order valence-corrected chi connectivity index (χ1v) is 5.38. The minimum absolute atomic E-state index is 0.0675. The quantitative estimate of drug-likeness (QED) is 0.679. The van der Waals surface area contributed by atoms with Crippen LogP contribution in [0.3, 0.4) is 0 Å². The molecule has 0 atom stereocenters. The Hall–Kier alpha value is -1.49. The predicted molar refractivity (Wildman–Crippen MR) is 62.2 cm³/mol. The summed E-state index contributed by atoms with van der Waals surface area (Å²) < 4.78 is 5.14. The van der Waals surface area contributed by atoms with Crippen molar-refractivity contribution in [2.24, 2.45) is 0 Å². The van der Waals surface area contributed by atoms with Crippen molar-refractivity contribution in [1.29, 1.82) is 0 Å². The van der Waals surface area contributed by atoms with E-state index in [1.807, 2.05) is 24.9 Å². The Morgan fingerprint density at radius 2 is 2.50 bits per heavy atom. The van der Waals surface area contributed by atoms with Crippen LogP contribution in [0.2, 0.25) is 0 Å². The van der Waals surface area contributed by atoms with E-state index in [1.54, 1.807) is 6.08 Å². The Labute approximate surface area is 96.1 Å². The van der Waals surface area contributed by atoms with Gasteiger partial charge < -0.3 is 10.1 Å². The van der Waals surface area contributed by atoms with E-state index in [0.29, 0.717) is 19.0 Å². The number of nitrogens with zero attached hydrogens (tertiary/aromatic N) is 1. The average Bonchev–Trinajstić information content (AvgIpc) is 2.16. The third kappa shape index (κ3) is 4.84. The van der Waals surface area contributed by atoms with E-state index in [2.05, 4.69) is 17.3 Å². The van der Waals surface area contributed by atoms with Crippen LogP contribution in [-0.2, 0) is 9.53 Å². The highest BCUT2D eigenvalue weighted by Gasteiger charge is 2.10. The normalized spacial score (nSPS) is 17.3. The molecule has 1 rings (SSSR count). The molecule has 1 amide bonds. The fourth-order valence-electron chi connectivity index (χ4n) is 1.30. The van der Waals surface area contributed by atoms with Gasteiger partial charge in [-0.25, -0.2) is 5.01 Å². The van der Waals surface area contributed by atoms with Crippen molar-refractivity contribution in [2.45, 2.75) is 19.9 Å². The lowest BCUT2D eigenvalue weighted by Gasteiger charge is -2.28.